The van der Waals surface area contributed by atoms with E-state index in [9.17, 15) is 40.3 Å². The molecule has 0 aliphatic heterocycles. The van der Waals surface area contributed by atoms with E-state index in [0.717, 1.165) is 19.2 Å². The van der Waals surface area contributed by atoms with Gasteiger partial charge in [-0.2, -0.15) is 26.3 Å². The number of ether oxygens (including phenoxy) is 1. The van der Waals surface area contributed by atoms with Crippen LogP contribution in [0.1, 0.15) is 53.7 Å². The lowest BCUT2D eigenvalue weighted by Crippen LogP contribution is -2.46. The molecule has 0 saturated heterocycles. The molecule has 39 heavy (non-hydrogen) atoms. The topological polar surface area (TPSA) is 58.6 Å². The van der Waals surface area contributed by atoms with E-state index in [0.29, 0.717) is 17.1 Å². The van der Waals surface area contributed by atoms with Crippen molar-refractivity contribution in [2.45, 2.75) is 44.6 Å². The second kappa shape index (κ2) is 11.8. The SMILES string of the molecule is CN(NC(=O)c1ccc(/C(F)=C/C(c2cc(Cl)c(Cl)c(Cl)c2)C(F)(F)F)cc1C(F)(F)F)C(=O)OC(C)(C)C. The average molecular weight is 624 g/mol. The van der Waals surface area contributed by atoms with Crippen molar-refractivity contribution in [2.75, 3.05) is 7.05 Å². The highest BCUT2D eigenvalue weighted by Gasteiger charge is 2.41. The first-order valence-electron chi connectivity index (χ1n) is 10.7. The maximum absolute atomic E-state index is 15.0. The molecule has 0 saturated carbocycles. The number of benzene rings is 2. The fourth-order valence-electron chi connectivity index (χ4n) is 3.09. The van der Waals surface area contributed by atoms with E-state index in [4.69, 9.17) is 39.5 Å². The number of nitrogens with zero attached hydrogens (tertiary/aromatic N) is 1. The molecule has 2 amide bonds. The van der Waals surface area contributed by atoms with Crippen molar-refractivity contribution in [3.05, 3.63) is 73.7 Å². The maximum Gasteiger partial charge on any atom is 0.428 e. The molecule has 1 unspecified atom stereocenters. The number of amides is 2. The minimum absolute atomic E-state index is 0.0431. The molecule has 2 rings (SSSR count). The molecular formula is C24H20Cl3F7N2O3. The molecule has 0 aliphatic carbocycles. The number of nitrogens with one attached hydrogen (secondary N) is 1. The Morgan fingerprint density at radius 1 is 0.974 bits per heavy atom. The van der Waals surface area contributed by atoms with Crippen LogP contribution in [0.2, 0.25) is 15.1 Å². The molecule has 0 aliphatic rings. The van der Waals surface area contributed by atoms with Crippen LogP contribution < -0.4 is 5.43 Å². The van der Waals surface area contributed by atoms with Gasteiger partial charge in [0.25, 0.3) is 5.91 Å². The van der Waals surface area contributed by atoms with E-state index in [1.807, 2.05) is 5.43 Å². The fraction of sp³-hybridized carbons (Fsp3) is 0.333. The maximum atomic E-state index is 15.0. The number of carbonyl (C=O) groups excluding carboxylic acids is 2. The summed E-state index contributed by atoms with van der Waals surface area (Å²) in [7, 11) is 1.02. The van der Waals surface area contributed by atoms with Gasteiger partial charge < -0.3 is 4.74 Å². The summed E-state index contributed by atoms with van der Waals surface area (Å²) < 4.78 is 103. The Morgan fingerprint density at radius 2 is 1.51 bits per heavy atom. The van der Waals surface area contributed by atoms with Crippen molar-refractivity contribution in [2.24, 2.45) is 0 Å². The third kappa shape index (κ3) is 8.64. The second-order valence-corrected chi connectivity index (χ2v) is 10.3. The molecule has 2 aromatic rings. The molecule has 15 heteroatoms. The summed E-state index contributed by atoms with van der Waals surface area (Å²) >= 11 is 17.3. The summed E-state index contributed by atoms with van der Waals surface area (Å²) in [5.41, 5.74) is -3.30. The Kier molecular flexibility index (Phi) is 9.85. The van der Waals surface area contributed by atoms with Gasteiger partial charge in [-0.05, 0) is 56.7 Å². The number of hydrogen-bond acceptors (Lipinski definition) is 3. The Hall–Kier alpha value is -2.70. The molecule has 0 heterocycles. The van der Waals surface area contributed by atoms with Gasteiger partial charge in [-0.3, -0.25) is 10.2 Å². The van der Waals surface area contributed by atoms with Crippen LogP contribution in [-0.2, 0) is 10.9 Å². The number of allylic oxidation sites excluding steroid dienone is 1. The van der Waals surface area contributed by atoms with E-state index in [1.165, 1.54) is 20.8 Å². The number of halogens is 10. The van der Waals surface area contributed by atoms with Crippen molar-refractivity contribution in [3.63, 3.8) is 0 Å². The predicted molar refractivity (Wildman–Crippen MR) is 132 cm³/mol. The zero-order valence-electron chi connectivity index (χ0n) is 20.5. The molecular weight excluding hydrogens is 604 g/mol. The van der Waals surface area contributed by atoms with Crippen molar-refractivity contribution in [3.8, 4) is 0 Å². The Labute approximate surface area is 233 Å². The summed E-state index contributed by atoms with van der Waals surface area (Å²) in [4.78, 5) is 24.5. The van der Waals surface area contributed by atoms with Gasteiger partial charge in [0.15, 0.2) is 0 Å². The van der Waals surface area contributed by atoms with Gasteiger partial charge in [-0.1, -0.05) is 40.9 Å². The highest BCUT2D eigenvalue weighted by Crippen LogP contribution is 2.42. The third-order valence-electron chi connectivity index (χ3n) is 4.81. The van der Waals surface area contributed by atoms with Gasteiger partial charge in [-0.25, -0.2) is 14.2 Å². The van der Waals surface area contributed by atoms with E-state index in [2.05, 4.69) is 0 Å². The van der Waals surface area contributed by atoms with Crippen LogP contribution in [0.15, 0.2) is 36.4 Å². The van der Waals surface area contributed by atoms with Crippen LogP contribution >= 0.6 is 34.8 Å². The monoisotopic (exact) mass is 622 g/mol. The van der Waals surface area contributed by atoms with E-state index in [1.54, 1.807) is 0 Å². The number of hydrogen-bond donors (Lipinski definition) is 1. The Balaban J connectivity index is 2.50. The van der Waals surface area contributed by atoms with Crippen molar-refractivity contribution in [1.82, 2.24) is 10.4 Å². The quantitative estimate of drug-likeness (QED) is 0.210. The zero-order valence-corrected chi connectivity index (χ0v) is 22.8. The van der Waals surface area contributed by atoms with Gasteiger partial charge in [0.05, 0.1) is 26.2 Å². The fourth-order valence-corrected chi connectivity index (χ4v) is 3.70. The molecule has 0 radical (unpaired) electrons. The average Bonchev–Trinajstić information content (AvgIpc) is 2.77. The van der Waals surface area contributed by atoms with E-state index >= 15 is 0 Å². The van der Waals surface area contributed by atoms with Crippen LogP contribution in [0.25, 0.3) is 5.83 Å². The molecule has 0 bridgehead atoms. The first-order valence-corrected chi connectivity index (χ1v) is 11.8. The standard InChI is InChI=1S/C24H20Cl3F7N2O3/c1-22(2,3)39-21(38)36(4)35-20(37)13-6-5-11(7-15(13)24(32,33)34)18(28)10-14(23(29,30)31)12-8-16(25)19(27)17(26)9-12/h5-10,14H,1-4H3,(H,35,37)/b18-10-. The number of carbonyl (C=O) groups is 2. The van der Waals surface area contributed by atoms with Crippen molar-refractivity contribution >= 4 is 52.6 Å². The summed E-state index contributed by atoms with van der Waals surface area (Å²) in [6.07, 6.45) is -11.4. The normalized spacial score (nSPS) is 13.6. The molecule has 0 aromatic heterocycles. The lowest BCUT2D eigenvalue weighted by Gasteiger charge is -2.25. The van der Waals surface area contributed by atoms with Gasteiger partial charge in [0.1, 0.15) is 17.3 Å². The summed E-state index contributed by atoms with van der Waals surface area (Å²) in [6.45, 7) is 4.55. The highest BCUT2D eigenvalue weighted by atomic mass is 35.5. The summed E-state index contributed by atoms with van der Waals surface area (Å²) in [5, 5.41) is -0.451. The first kappa shape index (κ1) is 32.5. The predicted octanol–water partition coefficient (Wildman–Crippen LogP) is 8.83. The Morgan fingerprint density at radius 3 is 1.97 bits per heavy atom. The number of rotatable bonds is 4. The largest absolute Gasteiger partial charge is 0.442 e. The summed E-state index contributed by atoms with van der Waals surface area (Å²) in [6, 6.07) is 3.01. The van der Waals surface area contributed by atoms with Crippen LogP contribution in [0.3, 0.4) is 0 Å². The molecule has 2 aromatic carbocycles. The molecule has 0 fully saturated rings. The minimum Gasteiger partial charge on any atom is -0.442 e. The molecule has 5 nitrogen and oxygen atoms in total. The third-order valence-corrected chi connectivity index (χ3v) is 6.01. The van der Waals surface area contributed by atoms with Crippen LogP contribution in [0, 0.1) is 0 Å². The molecule has 1 N–H and O–H groups in total. The highest BCUT2D eigenvalue weighted by molar-refractivity contribution is 6.48. The first-order chi connectivity index (χ1) is 17.6. The van der Waals surface area contributed by atoms with Crippen LogP contribution in [0.4, 0.5) is 35.5 Å². The van der Waals surface area contributed by atoms with Gasteiger partial charge in [-0.15, -0.1) is 0 Å². The van der Waals surface area contributed by atoms with Crippen molar-refractivity contribution in [1.29, 1.82) is 0 Å². The Bertz CT molecular complexity index is 1270. The van der Waals surface area contributed by atoms with E-state index in [-0.39, 0.29) is 27.2 Å². The molecule has 1 atom stereocenters. The van der Waals surface area contributed by atoms with Crippen LogP contribution in [-0.4, -0.2) is 35.8 Å². The van der Waals surface area contributed by atoms with Gasteiger partial charge in [0, 0.05) is 12.6 Å². The molecule has 214 valence electrons. The number of hydrazine groups is 1. The molecule has 0 spiro atoms. The van der Waals surface area contributed by atoms with Gasteiger partial charge in [0.2, 0.25) is 0 Å². The van der Waals surface area contributed by atoms with Gasteiger partial charge >= 0.3 is 18.4 Å². The van der Waals surface area contributed by atoms with Crippen LogP contribution in [0.5, 0.6) is 0 Å². The lowest BCUT2D eigenvalue weighted by molar-refractivity contribution is -0.140. The van der Waals surface area contributed by atoms with E-state index < -0.39 is 64.0 Å². The smallest absolute Gasteiger partial charge is 0.428 e. The lowest BCUT2D eigenvalue weighted by atomic mass is 9.95. The summed E-state index contributed by atoms with van der Waals surface area (Å²) in [5.74, 6) is -5.75. The van der Waals surface area contributed by atoms with Crippen molar-refractivity contribution < 1.29 is 45.1 Å². The number of alkyl halides is 6. The zero-order chi connectivity index (χ0) is 30.1. The second-order valence-electron chi connectivity index (χ2n) is 9.07. The minimum atomic E-state index is -5.23.